The van der Waals surface area contributed by atoms with Gasteiger partial charge in [0.15, 0.2) is 0 Å². The molecule has 104 valence electrons. The van der Waals surface area contributed by atoms with Crippen molar-refractivity contribution >= 4 is 11.3 Å². The van der Waals surface area contributed by atoms with Crippen molar-refractivity contribution in [1.29, 1.82) is 0 Å². The van der Waals surface area contributed by atoms with Gasteiger partial charge in [0.25, 0.3) is 0 Å². The van der Waals surface area contributed by atoms with Crippen LogP contribution in [0.3, 0.4) is 0 Å². The van der Waals surface area contributed by atoms with Gasteiger partial charge in [0.1, 0.15) is 0 Å². The van der Waals surface area contributed by atoms with Crippen LogP contribution < -0.4 is 5.32 Å². The average Bonchev–Trinajstić information content (AvgIpc) is 2.65. The van der Waals surface area contributed by atoms with Crippen molar-refractivity contribution < 1.29 is 0 Å². The van der Waals surface area contributed by atoms with Gasteiger partial charge in [-0.2, -0.15) is 0 Å². The highest BCUT2D eigenvalue weighted by Gasteiger charge is 2.17. The maximum atomic E-state index is 3.73. The molecular formula is C16H29NS. The maximum absolute atomic E-state index is 3.73. The quantitative estimate of drug-likeness (QED) is 0.680. The molecule has 0 aromatic carbocycles. The fourth-order valence-corrected chi connectivity index (χ4v) is 3.54. The van der Waals surface area contributed by atoms with E-state index in [2.05, 4.69) is 46.0 Å². The highest BCUT2D eigenvalue weighted by molar-refractivity contribution is 7.12. The SMILES string of the molecule is CCCNC(CC(C)CCC)c1cc(C)c(C)s1. The van der Waals surface area contributed by atoms with E-state index in [1.165, 1.54) is 41.0 Å². The van der Waals surface area contributed by atoms with Crippen molar-refractivity contribution in [2.24, 2.45) is 5.92 Å². The molecule has 0 amide bonds. The molecule has 0 aliphatic carbocycles. The molecule has 0 saturated heterocycles. The number of aryl methyl sites for hydroxylation is 2. The molecule has 0 saturated carbocycles. The number of nitrogens with one attached hydrogen (secondary N) is 1. The second-order valence-electron chi connectivity index (χ2n) is 5.52. The Balaban J connectivity index is 2.70. The molecule has 1 aromatic heterocycles. The van der Waals surface area contributed by atoms with E-state index in [1.54, 1.807) is 0 Å². The van der Waals surface area contributed by atoms with Crippen LogP contribution in [0.1, 0.15) is 67.8 Å². The third-order valence-electron chi connectivity index (χ3n) is 3.59. The summed E-state index contributed by atoms with van der Waals surface area (Å²) in [5, 5.41) is 3.73. The Labute approximate surface area is 117 Å². The van der Waals surface area contributed by atoms with Crippen molar-refractivity contribution in [3.8, 4) is 0 Å². The maximum Gasteiger partial charge on any atom is 0.0417 e. The van der Waals surface area contributed by atoms with Crippen molar-refractivity contribution in [2.75, 3.05) is 6.54 Å². The van der Waals surface area contributed by atoms with E-state index in [0.717, 1.165) is 12.5 Å². The summed E-state index contributed by atoms with van der Waals surface area (Å²) in [6.07, 6.45) is 5.12. The molecule has 1 nitrogen and oxygen atoms in total. The molecule has 2 heteroatoms. The van der Waals surface area contributed by atoms with Crippen molar-refractivity contribution in [3.63, 3.8) is 0 Å². The molecule has 0 bridgehead atoms. The fraction of sp³-hybridized carbons (Fsp3) is 0.750. The molecule has 0 radical (unpaired) electrons. The van der Waals surface area contributed by atoms with Gasteiger partial charge in [-0.15, -0.1) is 11.3 Å². The summed E-state index contributed by atoms with van der Waals surface area (Å²) >= 11 is 1.97. The van der Waals surface area contributed by atoms with Crippen LogP contribution in [0.4, 0.5) is 0 Å². The predicted octanol–water partition coefficient (Wildman–Crippen LogP) is 5.23. The Morgan fingerprint density at radius 1 is 1.22 bits per heavy atom. The number of hydrogen-bond donors (Lipinski definition) is 1. The van der Waals surface area contributed by atoms with Gasteiger partial charge < -0.3 is 5.32 Å². The summed E-state index contributed by atoms with van der Waals surface area (Å²) < 4.78 is 0. The summed E-state index contributed by atoms with van der Waals surface area (Å²) in [6, 6.07) is 2.94. The topological polar surface area (TPSA) is 12.0 Å². The van der Waals surface area contributed by atoms with Crippen molar-refractivity contribution in [3.05, 3.63) is 21.4 Å². The lowest BCUT2D eigenvalue weighted by Gasteiger charge is -2.21. The molecule has 2 unspecified atom stereocenters. The number of thiophene rings is 1. The Kier molecular flexibility index (Phi) is 6.95. The first-order valence-corrected chi connectivity index (χ1v) is 8.20. The minimum absolute atomic E-state index is 0.559. The monoisotopic (exact) mass is 267 g/mol. The average molecular weight is 267 g/mol. The lowest BCUT2D eigenvalue weighted by atomic mass is 9.96. The molecule has 0 fully saturated rings. The van der Waals surface area contributed by atoms with E-state index in [0.29, 0.717) is 6.04 Å². The Bertz CT molecular complexity index is 323. The largest absolute Gasteiger partial charge is 0.309 e. The van der Waals surface area contributed by atoms with Crippen LogP contribution in [0.15, 0.2) is 6.07 Å². The molecule has 0 spiro atoms. The minimum atomic E-state index is 0.559. The minimum Gasteiger partial charge on any atom is -0.309 e. The molecule has 1 heterocycles. The number of rotatable bonds is 8. The van der Waals surface area contributed by atoms with Crippen molar-refractivity contribution in [2.45, 2.75) is 66.3 Å². The van der Waals surface area contributed by atoms with E-state index >= 15 is 0 Å². The Hall–Kier alpha value is -0.340. The number of hydrogen-bond acceptors (Lipinski definition) is 2. The van der Waals surface area contributed by atoms with Gasteiger partial charge in [0, 0.05) is 15.8 Å². The van der Waals surface area contributed by atoms with Gasteiger partial charge in [-0.25, -0.2) is 0 Å². The zero-order valence-corrected chi connectivity index (χ0v) is 13.5. The van der Waals surface area contributed by atoms with E-state index in [4.69, 9.17) is 0 Å². The Morgan fingerprint density at radius 2 is 1.94 bits per heavy atom. The molecular weight excluding hydrogens is 238 g/mol. The highest BCUT2D eigenvalue weighted by Crippen LogP contribution is 2.31. The molecule has 1 rings (SSSR count). The van der Waals surface area contributed by atoms with Crippen molar-refractivity contribution in [1.82, 2.24) is 5.32 Å². The first-order chi connectivity index (χ1) is 8.58. The standard InChI is InChI=1S/C16H29NS/c1-6-8-12(3)10-15(17-9-7-2)16-11-13(4)14(5)18-16/h11-12,15,17H,6-10H2,1-5H3. The smallest absolute Gasteiger partial charge is 0.0417 e. The van der Waals surface area contributed by atoms with Gasteiger partial charge in [0.2, 0.25) is 0 Å². The lowest BCUT2D eigenvalue weighted by molar-refractivity contribution is 0.394. The van der Waals surface area contributed by atoms with Crippen LogP contribution >= 0.6 is 11.3 Å². The first kappa shape index (κ1) is 15.7. The normalized spacial score (nSPS) is 14.7. The van der Waals surface area contributed by atoms with Gasteiger partial charge in [-0.1, -0.05) is 33.6 Å². The summed E-state index contributed by atoms with van der Waals surface area (Å²) in [4.78, 5) is 3.00. The van der Waals surface area contributed by atoms with E-state index in [1.807, 2.05) is 11.3 Å². The molecule has 0 aliphatic heterocycles. The van der Waals surface area contributed by atoms with Gasteiger partial charge in [-0.3, -0.25) is 0 Å². The first-order valence-electron chi connectivity index (χ1n) is 7.38. The highest BCUT2D eigenvalue weighted by atomic mass is 32.1. The van der Waals surface area contributed by atoms with Gasteiger partial charge in [-0.05, 0) is 50.8 Å². The summed E-state index contributed by atoms with van der Waals surface area (Å²) in [5.74, 6) is 0.812. The van der Waals surface area contributed by atoms with Crippen LogP contribution in [0, 0.1) is 19.8 Å². The van der Waals surface area contributed by atoms with E-state index < -0.39 is 0 Å². The fourth-order valence-electron chi connectivity index (χ4n) is 2.41. The van der Waals surface area contributed by atoms with E-state index in [9.17, 15) is 0 Å². The predicted molar refractivity (Wildman–Crippen MR) is 83.5 cm³/mol. The molecule has 0 aliphatic rings. The summed E-state index contributed by atoms with van der Waals surface area (Å²) in [6.45, 7) is 12.5. The van der Waals surface area contributed by atoms with Crippen LogP contribution in [0.25, 0.3) is 0 Å². The summed E-state index contributed by atoms with van der Waals surface area (Å²) in [5.41, 5.74) is 1.45. The summed E-state index contributed by atoms with van der Waals surface area (Å²) in [7, 11) is 0. The molecule has 2 atom stereocenters. The van der Waals surface area contributed by atoms with Crippen LogP contribution in [-0.4, -0.2) is 6.54 Å². The van der Waals surface area contributed by atoms with Crippen LogP contribution in [-0.2, 0) is 0 Å². The lowest BCUT2D eigenvalue weighted by Crippen LogP contribution is -2.23. The second-order valence-corrected chi connectivity index (χ2v) is 6.81. The van der Waals surface area contributed by atoms with Crippen LogP contribution in [0.2, 0.25) is 0 Å². The third-order valence-corrected chi connectivity index (χ3v) is 4.85. The molecule has 1 N–H and O–H groups in total. The zero-order valence-electron chi connectivity index (χ0n) is 12.7. The second kappa shape index (κ2) is 7.96. The third kappa shape index (κ3) is 4.74. The zero-order chi connectivity index (χ0) is 13.5. The van der Waals surface area contributed by atoms with Crippen LogP contribution in [0.5, 0.6) is 0 Å². The Morgan fingerprint density at radius 3 is 2.44 bits per heavy atom. The van der Waals surface area contributed by atoms with E-state index in [-0.39, 0.29) is 0 Å². The van der Waals surface area contributed by atoms with Gasteiger partial charge >= 0.3 is 0 Å². The van der Waals surface area contributed by atoms with Gasteiger partial charge in [0.05, 0.1) is 0 Å². The molecule has 18 heavy (non-hydrogen) atoms. The molecule has 1 aromatic rings.